The fraction of sp³-hybridized carbons (Fsp3) is 0.235. The third kappa shape index (κ3) is 5.36. The molecule has 0 spiro atoms. The minimum atomic E-state index is -0.169. The number of benzene rings is 1. The Morgan fingerprint density at radius 1 is 1.32 bits per heavy atom. The first kappa shape index (κ1) is 15.7. The Labute approximate surface area is 130 Å². The van der Waals surface area contributed by atoms with Gasteiger partial charge in [0.1, 0.15) is 5.75 Å². The molecule has 1 amide bonds. The smallest absolute Gasteiger partial charge is 0.244 e. The van der Waals surface area contributed by atoms with Gasteiger partial charge >= 0.3 is 0 Å². The highest BCUT2D eigenvalue weighted by atomic mass is 16.5. The number of ether oxygens (including phenoxy) is 1. The van der Waals surface area contributed by atoms with Crippen molar-refractivity contribution in [2.75, 3.05) is 0 Å². The second-order valence-electron chi connectivity index (χ2n) is 5.07. The summed E-state index contributed by atoms with van der Waals surface area (Å²) in [6.07, 6.45) is 5.32. The van der Waals surface area contributed by atoms with Gasteiger partial charge < -0.3 is 4.74 Å². The van der Waals surface area contributed by atoms with Gasteiger partial charge in [-0.15, -0.1) is 0 Å². The van der Waals surface area contributed by atoms with Gasteiger partial charge in [0, 0.05) is 18.0 Å². The number of nitrogens with zero attached hydrogens (tertiary/aromatic N) is 2. The number of hydrogen-bond acceptors (Lipinski definition) is 4. The van der Waals surface area contributed by atoms with E-state index in [0.29, 0.717) is 0 Å². The van der Waals surface area contributed by atoms with Gasteiger partial charge in [-0.2, -0.15) is 5.10 Å². The molecule has 0 unspecified atom stereocenters. The molecule has 2 aromatic rings. The normalized spacial score (nSPS) is 10.9. The molecule has 0 atom stereocenters. The molecule has 114 valence electrons. The average Bonchev–Trinajstić information content (AvgIpc) is 2.50. The Morgan fingerprint density at radius 3 is 2.73 bits per heavy atom. The molecule has 22 heavy (non-hydrogen) atoms. The number of rotatable bonds is 6. The van der Waals surface area contributed by atoms with Crippen LogP contribution in [0.3, 0.4) is 0 Å². The average molecular weight is 297 g/mol. The van der Waals surface area contributed by atoms with Crippen molar-refractivity contribution in [2.45, 2.75) is 26.4 Å². The number of hydrazone groups is 1. The first-order chi connectivity index (χ1) is 10.6. The molecule has 0 bridgehead atoms. The van der Waals surface area contributed by atoms with Crippen molar-refractivity contribution in [3.8, 4) is 5.75 Å². The van der Waals surface area contributed by atoms with E-state index < -0.39 is 0 Å². The van der Waals surface area contributed by atoms with Crippen molar-refractivity contribution in [3.05, 3.63) is 59.9 Å². The van der Waals surface area contributed by atoms with E-state index in [1.807, 2.05) is 50.2 Å². The summed E-state index contributed by atoms with van der Waals surface area (Å²) in [7, 11) is 0. The number of carbonyl (C=O) groups is 1. The minimum Gasteiger partial charge on any atom is -0.491 e. The molecule has 1 aromatic heterocycles. The van der Waals surface area contributed by atoms with Crippen LogP contribution < -0.4 is 10.2 Å². The van der Waals surface area contributed by atoms with Crippen molar-refractivity contribution in [1.82, 2.24) is 10.4 Å². The van der Waals surface area contributed by atoms with E-state index in [-0.39, 0.29) is 18.4 Å². The Balaban J connectivity index is 1.83. The zero-order chi connectivity index (χ0) is 15.8. The summed E-state index contributed by atoms with van der Waals surface area (Å²) in [5.74, 6) is 0.631. The van der Waals surface area contributed by atoms with Crippen LogP contribution in [0.5, 0.6) is 5.75 Å². The highest BCUT2D eigenvalue weighted by Crippen LogP contribution is 2.14. The summed E-state index contributed by atoms with van der Waals surface area (Å²) in [5.41, 5.74) is 4.24. The predicted octanol–water partition coefficient (Wildman–Crippen LogP) is 2.56. The molecule has 0 radical (unpaired) electrons. The zero-order valence-electron chi connectivity index (χ0n) is 12.7. The van der Waals surface area contributed by atoms with Crippen molar-refractivity contribution >= 4 is 12.1 Å². The van der Waals surface area contributed by atoms with Gasteiger partial charge in [0.2, 0.25) is 5.91 Å². The van der Waals surface area contributed by atoms with E-state index in [1.165, 1.54) is 0 Å². The van der Waals surface area contributed by atoms with Crippen LogP contribution in [0.25, 0.3) is 0 Å². The van der Waals surface area contributed by atoms with Gasteiger partial charge in [0.05, 0.1) is 18.7 Å². The number of aromatic nitrogens is 1. The minimum absolute atomic E-state index is 0.135. The molecule has 5 heteroatoms. The molecular weight excluding hydrogens is 278 g/mol. The van der Waals surface area contributed by atoms with Crippen molar-refractivity contribution in [2.24, 2.45) is 5.10 Å². The van der Waals surface area contributed by atoms with Crippen LogP contribution in [0.1, 0.15) is 25.0 Å². The Morgan fingerprint density at radius 2 is 2.09 bits per heavy atom. The van der Waals surface area contributed by atoms with E-state index in [1.54, 1.807) is 18.6 Å². The summed E-state index contributed by atoms with van der Waals surface area (Å²) in [6.45, 7) is 3.95. The van der Waals surface area contributed by atoms with Crippen LogP contribution in [0, 0.1) is 0 Å². The predicted molar refractivity (Wildman–Crippen MR) is 85.9 cm³/mol. The van der Waals surface area contributed by atoms with Crippen LogP contribution >= 0.6 is 0 Å². The van der Waals surface area contributed by atoms with Gasteiger partial charge in [-0.25, -0.2) is 5.43 Å². The Kier molecular flexibility index (Phi) is 5.65. The molecule has 0 aliphatic rings. The fourth-order valence-corrected chi connectivity index (χ4v) is 1.81. The lowest BCUT2D eigenvalue weighted by molar-refractivity contribution is -0.120. The Hall–Kier alpha value is -2.69. The molecule has 0 fully saturated rings. The summed E-state index contributed by atoms with van der Waals surface area (Å²) < 4.78 is 5.56. The van der Waals surface area contributed by atoms with Gasteiger partial charge in [0.25, 0.3) is 0 Å². The van der Waals surface area contributed by atoms with Crippen LogP contribution in [0.2, 0.25) is 0 Å². The van der Waals surface area contributed by atoms with E-state index in [4.69, 9.17) is 4.74 Å². The Bertz CT molecular complexity index is 622. The first-order valence-corrected chi connectivity index (χ1v) is 7.11. The molecule has 5 nitrogen and oxygen atoms in total. The lowest BCUT2D eigenvalue weighted by Crippen LogP contribution is -2.19. The highest BCUT2D eigenvalue weighted by Gasteiger charge is 2.03. The topological polar surface area (TPSA) is 63.6 Å². The second-order valence-corrected chi connectivity index (χ2v) is 5.07. The zero-order valence-corrected chi connectivity index (χ0v) is 12.7. The van der Waals surface area contributed by atoms with Gasteiger partial charge in [0.15, 0.2) is 0 Å². The summed E-state index contributed by atoms with van der Waals surface area (Å²) in [4.78, 5) is 15.8. The van der Waals surface area contributed by atoms with E-state index in [9.17, 15) is 4.79 Å². The van der Waals surface area contributed by atoms with E-state index in [0.717, 1.165) is 16.9 Å². The summed E-state index contributed by atoms with van der Waals surface area (Å²) >= 11 is 0. The lowest BCUT2D eigenvalue weighted by Gasteiger charge is -2.09. The molecule has 0 aliphatic carbocycles. The van der Waals surface area contributed by atoms with Gasteiger partial charge in [-0.05, 0) is 37.6 Å². The van der Waals surface area contributed by atoms with Crippen molar-refractivity contribution < 1.29 is 9.53 Å². The highest BCUT2D eigenvalue weighted by molar-refractivity contribution is 5.82. The van der Waals surface area contributed by atoms with E-state index >= 15 is 0 Å². The van der Waals surface area contributed by atoms with E-state index in [2.05, 4.69) is 15.5 Å². The molecule has 1 heterocycles. The van der Waals surface area contributed by atoms with Crippen molar-refractivity contribution in [1.29, 1.82) is 0 Å². The number of pyridine rings is 1. The molecule has 2 rings (SSSR count). The molecule has 0 saturated heterocycles. The third-order valence-corrected chi connectivity index (χ3v) is 2.75. The van der Waals surface area contributed by atoms with Gasteiger partial charge in [-0.3, -0.25) is 9.78 Å². The second kappa shape index (κ2) is 7.93. The summed E-state index contributed by atoms with van der Waals surface area (Å²) in [6, 6.07) is 11.1. The number of carbonyl (C=O) groups excluding carboxylic acids is 1. The number of hydrogen-bond donors (Lipinski definition) is 1. The standard InChI is InChI=1S/C17H19N3O2/c1-13(2)22-16-7-5-14(6-8-16)10-17(21)20-19-12-15-4-3-9-18-11-15/h3-9,11-13H,10H2,1-2H3,(H,20,21)/b19-12-. The maximum atomic E-state index is 11.8. The van der Waals surface area contributed by atoms with Crippen LogP contribution in [-0.4, -0.2) is 23.2 Å². The van der Waals surface area contributed by atoms with Crippen molar-refractivity contribution in [3.63, 3.8) is 0 Å². The molecule has 1 aromatic carbocycles. The third-order valence-electron chi connectivity index (χ3n) is 2.75. The SMILES string of the molecule is CC(C)Oc1ccc(CC(=O)N/N=C\c2cccnc2)cc1. The van der Waals surface area contributed by atoms with Gasteiger partial charge in [-0.1, -0.05) is 18.2 Å². The molecule has 0 aliphatic heterocycles. The molecular formula is C17H19N3O2. The summed E-state index contributed by atoms with van der Waals surface area (Å²) in [5, 5.41) is 3.91. The quantitative estimate of drug-likeness (QED) is 0.658. The van der Waals surface area contributed by atoms with Crippen LogP contribution in [-0.2, 0) is 11.2 Å². The van der Waals surface area contributed by atoms with Crippen LogP contribution in [0.15, 0.2) is 53.9 Å². The maximum absolute atomic E-state index is 11.8. The molecule has 1 N–H and O–H groups in total. The monoisotopic (exact) mass is 297 g/mol. The largest absolute Gasteiger partial charge is 0.491 e. The molecule has 0 saturated carbocycles. The number of nitrogens with one attached hydrogen (secondary N) is 1. The first-order valence-electron chi connectivity index (χ1n) is 7.11. The lowest BCUT2D eigenvalue weighted by atomic mass is 10.1. The van der Waals surface area contributed by atoms with Crippen LogP contribution in [0.4, 0.5) is 0 Å². The maximum Gasteiger partial charge on any atom is 0.244 e. The number of amides is 1. The fourth-order valence-electron chi connectivity index (χ4n) is 1.81.